The van der Waals surface area contributed by atoms with Crippen molar-refractivity contribution in [3.05, 3.63) is 0 Å². The topological polar surface area (TPSA) is 79.2 Å². The number of aliphatic hydroxyl groups excluding tert-OH is 3. The van der Waals surface area contributed by atoms with Crippen LogP contribution in [0.3, 0.4) is 0 Å². The minimum atomic E-state index is -1.03. The van der Waals surface area contributed by atoms with Crippen molar-refractivity contribution in [2.75, 3.05) is 13.2 Å². The van der Waals surface area contributed by atoms with Crippen LogP contribution in [0.15, 0.2) is 0 Å². The van der Waals surface area contributed by atoms with Crippen LogP contribution in [-0.2, 0) is 9.47 Å². The van der Waals surface area contributed by atoms with Gasteiger partial charge in [0.1, 0.15) is 12.2 Å². The Kier molecular flexibility index (Phi) is 4.77. The molecule has 0 spiro atoms. The van der Waals surface area contributed by atoms with E-state index in [2.05, 4.69) is 0 Å². The Morgan fingerprint density at radius 1 is 1.43 bits per heavy atom. The predicted octanol–water partition coefficient (Wildman–Crippen LogP) is -0.758. The van der Waals surface area contributed by atoms with Crippen molar-refractivity contribution in [1.82, 2.24) is 0 Å². The van der Waals surface area contributed by atoms with Crippen molar-refractivity contribution in [1.29, 1.82) is 0 Å². The first-order valence-corrected chi connectivity index (χ1v) is 4.93. The Labute approximate surface area is 83.3 Å². The normalized spacial score (nSPS) is 38.6. The smallest absolute Gasteiger partial charge is 0.160 e. The maximum Gasteiger partial charge on any atom is 0.160 e. The molecule has 0 saturated carbocycles. The highest BCUT2D eigenvalue weighted by Crippen LogP contribution is 2.20. The summed E-state index contributed by atoms with van der Waals surface area (Å²) in [5, 5.41) is 27.7. The first-order valence-electron chi connectivity index (χ1n) is 4.93. The third kappa shape index (κ3) is 2.90. The molecule has 0 aromatic rings. The molecule has 0 aromatic heterocycles. The highest BCUT2D eigenvalue weighted by Gasteiger charge is 2.36. The van der Waals surface area contributed by atoms with Crippen molar-refractivity contribution in [3.63, 3.8) is 0 Å². The number of hydrogen-bond acceptors (Lipinski definition) is 5. The van der Waals surface area contributed by atoms with Crippen LogP contribution in [0.1, 0.15) is 19.8 Å². The van der Waals surface area contributed by atoms with E-state index in [4.69, 9.17) is 14.6 Å². The summed E-state index contributed by atoms with van der Waals surface area (Å²) in [6.45, 7) is 2.20. The minimum Gasteiger partial charge on any atom is -0.394 e. The molecule has 1 aliphatic heterocycles. The van der Waals surface area contributed by atoms with Gasteiger partial charge in [-0.25, -0.2) is 0 Å². The molecule has 5 heteroatoms. The van der Waals surface area contributed by atoms with E-state index < -0.39 is 24.6 Å². The Balaban J connectivity index is 2.41. The highest BCUT2D eigenvalue weighted by molar-refractivity contribution is 4.82. The maximum absolute atomic E-state index is 9.43. The summed E-state index contributed by atoms with van der Waals surface area (Å²) in [4.78, 5) is 0. The Morgan fingerprint density at radius 2 is 2.14 bits per heavy atom. The molecule has 3 N–H and O–H groups in total. The molecule has 1 aliphatic rings. The van der Waals surface area contributed by atoms with Crippen LogP contribution in [0.2, 0.25) is 0 Å². The van der Waals surface area contributed by atoms with Gasteiger partial charge in [-0.15, -0.1) is 0 Å². The van der Waals surface area contributed by atoms with E-state index >= 15 is 0 Å². The summed E-state index contributed by atoms with van der Waals surface area (Å²) in [7, 11) is 0. The lowest BCUT2D eigenvalue weighted by molar-refractivity contribution is -0.256. The molecule has 0 aromatic carbocycles. The zero-order valence-corrected chi connectivity index (χ0v) is 8.30. The predicted molar refractivity (Wildman–Crippen MR) is 48.6 cm³/mol. The van der Waals surface area contributed by atoms with Gasteiger partial charge in [-0.2, -0.15) is 0 Å². The van der Waals surface area contributed by atoms with E-state index in [1.54, 1.807) is 0 Å². The fourth-order valence-electron chi connectivity index (χ4n) is 1.42. The van der Waals surface area contributed by atoms with Crippen LogP contribution in [-0.4, -0.2) is 53.1 Å². The SMILES string of the molecule is CCCO[C@H]1C[C@@H](O)[C@H](O)[C@@H](CO)O1. The molecule has 0 aliphatic carbocycles. The zero-order chi connectivity index (χ0) is 10.6. The molecule has 1 heterocycles. The molecular weight excluding hydrogens is 188 g/mol. The molecule has 0 unspecified atom stereocenters. The lowest BCUT2D eigenvalue weighted by Crippen LogP contribution is -2.50. The van der Waals surface area contributed by atoms with Gasteiger partial charge in [0.25, 0.3) is 0 Å². The lowest BCUT2D eigenvalue weighted by Gasteiger charge is -2.35. The second kappa shape index (κ2) is 5.63. The van der Waals surface area contributed by atoms with Crippen LogP contribution in [0, 0.1) is 0 Å². The Bertz CT molecular complexity index is 163. The second-order valence-corrected chi connectivity index (χ2v) is 3.45. The Hall–Kier alpha value is -0.200. The summed E-state index contributed by atoms with van der Waals surface area (Å²) in [5.74, 6) is 0. The molecule has 5 nitrogen and oxygen atoms in total. The summed E-state index contributed by atoms with van der Waals surface area (Å²) in [6, 6.07) is 0. The maximum atomic E-state index is 9.43. The van der Waals surface area contributed by atoms with Gasteiger partial charge in [0.05, 0.1) is 12.7 Å². The van der Waals surface area contributed by atoms with Gasteiger partial charge in [-0.3, -0.25) is 0 Å². The quantitative estimate of drug-likeness (QED) is 0.563. The molecule has 0 amide bonds. The standard InChI is InChI=1S/C9H18O5/c1-2-3-13-8-4-6(11)9(12)7(5-10)14-8/h6-12H,2-5H2,1H3/t6-,7-,8-,9+/m1/s1. The van der Waals surface area contributed by atoms with Crippen LogP contribution in [0.25, 0.3) is 0 Å². The fraction of sp³-hybridized carbons (Fsp3) is 1.00. The zero-order valence-electron chi connectivity index (χ0n) is 8.30. The summed E-state index contributed by atoms with van der Waals surface area (Å²) in [6.07, 6.45) is -2.07. The van der Waals surface area contributed by atoms with Gasteiger partial charge >= 0.3 is 0 Å². The van der Waals surface area contributed by atoms with E-state index in [1.165, 1.54) is 0 Å². The molecular formula is C9H18O5. The van der Waals surface area contributed by atoms with Crippen molar-refractivity contribution in [3.8, 4) is 0 Å². The third-order valence-electron chi connectivity index (χ3n) is 2.22. The molecule has 4 atom stereocenters. The monoisotopic (exact) mass is 206 g/mol. The van der Waals surface area contributed by atoms with Gasteiger partial charge in [0, 0.05) is 13.0 Å². The molecule has 14 heavy (non-hydrogen) atoms. The molecule has 84 valence electrons. The number of rotatable bonds is 4. The van der Waals surface area contributed by atoms with Crippen LogP contribution in [0.4, 0.5) is 0 Å². The van der Waals surface area contributed by atoms with Crippen molar-refractivity contribution < 1.29 is 24.8 Å². The molecule has 1 fully saturated rings. The van der Waals surface area contributed by atoms with E-state index in [9.17, 15) is 10.2 Å². The number of aliphatic hydroxyl groups is 3. The third-order valence-corrected chi connectivity index (χ3v) is 2.22. The molecule has 0 radical (unpaired) electrons. The molecule has 0 bridgehead atoms. The summed E-state index contributed by atoms with van der Waals surface area (Å²) < 4.78 is 10.5. The average Bonchev–Trinajstić information content (AvgIpc) is 2.19. The van der Waals surface area contributed by atoms with Gasteiger partial charge in [-0.05, 0) is 6.42 Å². The first-order chi connectivity index (χ1) is 6.69. The van der Waals surface area contributed by atoms with Crippen LogP contribution < -0.4 is 0 Å². The highest BCUT2D eigenvalue weighted by atomic mass is 16.7. The van der Waals surface area contributed by atoms with Crippen molar-refractivity contribution >= 4 is 0 Å². The second-order valence-electron chi connectivity index (χ2n) is 3.45. The Morgan fingerprint density at radius 3 is 2.71 bits per heavy atom. The number of hydrogen-bond donors (Lipinski definition) is 3. The van der Waals surface area contributed by atoms with Gasteiger partial charge < -0.3 is 24.8 Å². The van der Waals surface area contributed by atoms with Crippen LogP contribution >= 0.6 is 0 Å². The van der Waals surface area contributed by atoms with E-state index in [0.717, 1.165) is 6.42 Å². The van der Waals surface area contributed by atoms with E-state index in [-0.39, 0.29) is 13.0 Å². The molecule has 1 rings (SSSR count). The van der Waals surface area contributed by atoms with Crippen LogP contribution in [0.5, 0.6) is 0 Å². The summed E-state index contributed by atoms with van der Waals surface area (Å²) >= 11 is 0. The molecule has 1 saturated heterocycles. The van der Waals surface area contributed by atoms with Crippen molar-refractivity contribution in [2.45, 2.75) is 44.4 Å². The summed E-state index contributed by atoms with van der Waals surface area (Å²) in [5.41, 5.74) is 0. The van der Waals surface area contributed by atoms with Crippen molar-refractivity contribution in [2.24, 2.45) is 0 Å². The first kappa shape index (κ1) is 11.9. The van der Waals surface area contributed by atoms with Gasteiger partial charge in [0.2, 0.25) is 0 Å². The van der Waals surface area contributed by atoms with Gasteiger partial charge in [0.15, 0.2) is 6.29 Å². The van der Waals surface area contributed by atoms with Gasteiger partial charge in [-0.1, -0.05) is 6.92 Å². The minimum absolute atomic E-state index is 0.248. The number of ether oxygens (including phenoxy) is 2. The fourth-order valence-corrected chi connectivity index (χ4v) is 1.42. The largest absolute Gasteiger partial charge is 0.394 e. The van der Waals surface area contributed by atoms with E-state index in [0.29, 0.717) is 6.61 Å². The van der Waals surface area contributed by atoms with E-state index in [1.807, 2.05) is 6.92 Å². The average molecular weight is 206 g/mol. The lowest BCUT2D eigenvalue weighted by atomic mass is 10.0.